The van der Waals surface area contributed by atoms with Crippen molar-refractivity contribution in [2.24, 2.45) is 0 Å². The molecule has 6 nitrogen and oxygen atoms in total. The Kier molecular flexibility index (Phi) is 3.04. The molecule has 0 saturated carbocycles. The minimum Gasteiger partial charge on any atom is -0.399 e. The number of amides is 1. The normalized spacial score (nSPS) is 10.2. The summed E-state index contributed by atoms with van der Waals surface area (Å²) in [5, 5.41) is 9.08. The Morgan fingerprint density at radius 3 is 2.71 bits per heavy atom. The Bertz CT molecular complexity index is 517. The molecule has 1 heterocycles. The number of nitrogens with two attached hydrogens (primary N) is 1. The summed E-state index contributed by atoms with van der Waals surface area (Å²) in [4.78, 5) is 15.6. The lowest BCUT2D eigenvalue weighted by molar-refractivity contribution is -0.115. The van der Waals surface area contributed by atoms with Crippen molar-refractivity contribution in [3.8, 4) is 0 Å². The average Bonchev–Trinajstić information content (AvgIpc) is 2.67. The standard InChI is InChI=1S/C11H13N5O/c1-7-13-11(16-15-7)14-10(17)6-8-2-4-9(12)5-3-8/h2-5H,6,12H2,1H3,(H2,13,14,15,16,17). The van der Waals surface area contributed by atoms with Crippen LogP contribution in [0.1, 0.15) is 11.4 Å². The lowest BCUT2D eigenvalue weighted by atomic mass is 10.1. The molecule has 0 atom stereocenters. The van der Waals surface area contributed by atoms with Crippen molar-refractivity contribution < 1.29 is 4.79 Å². The van der Waals surface area contributed by atoms with E-state index in [-0.39, 0.29) is 12.3 Å². The van der Waals surface area contributed by atoms with Gasteiger partial charge in [-0.15, -0.1) is 5.10 Å². The van der Waals surface area contributed by atoms with Crippen molar-refractivity contribution in [2.45, 2.75) is 13.3 Å². The van der Waals surface area contributed by atoms with Crippen LogP contribution in [0.25, 0.3) is 0 Å². The number of nitrogens with zero attached hydrogens (tertiary/aromatic N) is 2. The number of nitrogen functional groups attached to an aromatic ring is 1. The number of H-pyrrole nitrogens is 1. The van der Waals surface area contributed by atoms with Gasteiger partial charge >= 0.3 is 0 Å². The minimum atomic E-state index is -0.159. The molecule has 2 aromatic rings. The zero-order valence-electron chi connectivity index (χ0n) is 9.40. The fourth-order valence-corrected chi connectivity index (χ4v) is 1.39. The summed E-state index contributed by atoms with van der Waals surface area (Å²) >= 11 is 0. The second-order valence-electron chi connectivity index (χ2n) is 3.71. The largest absolute Gasteiger partial charge is 0.399 e. The fraction of sp³-hybridized carbons (Fsp3) is 0.182. The highest BCUT2D eigenvalue weighted by Gasteiger charge is 2.06. The van der Waals surface area contributed by atoms with Gasteiger partial charge in [0.2, 0.25) is 11.9 Å². The smallest absolute Gasteiger partial charge is 0.248 e. The highest BCUT2D eigenvalue weighted by Crippen LogP contribution is 2.07. The Morgan fingerprint density at radius 2 is 2.12 bits per heavy atom. The molecule has 0 aliphatic heterocycles. The molecule has 2 rings (SSSR count). The lowest BCUT2D eigenvalue weighted by Crippen LogP contribution is -2.15. The number of benzene rings is 1. The van der Waals surface area contributed by atoms with E-state index in [0.717, 1.165) is 5.56 Å². The van der Waals surface area contributed by atoms with Gasteiger partial charge in [-0.2, -0.15) is 4.98 Å². The molecular formula is C11H13N5O. The third-order valence-electron chi connectivity index (χ3n) is 2.19. The molecule has 0 bridgehead atoms. The van der Waals surface area contributed by atoms with Crippen LogP contribution >= 0.6 is 0 Å². The van der Waals surface area contributed by atoms with Crippen molar-refractivity contribution in [3.63, 3.8) is 0 Å². The predicted molar refractivity (Wildman–Crippen MR) is 64.3 cm³/mol. The van der Waals surface area contributed by atoms with Gasteiger partial charge in [0.1, 0.15) is 5.82 Å². The molecule has 1 amide bonds. The van der Waals surface area contributed by atoms with Gasteiger partial charge in [0.25, 0.3) is 0 Å². The topological polar surface area (TPSA) is 96.7 Å². The van der Waals surface area contributed by atoms with E-state index in [0.29, 0.717) is 17.5 Å². The first-order valence-corrected chi connectivity index (χ1v) is 5.17. The lowest BCUT2D eigenvalue weighted by Gasteiger charge is -2.01. The van der Waals surface area contributed by atoms with Crippen LogP contribution in [-0.4, -0.2) is 21.1 Å². The zero-order valence-corrected chi connectivity index (χ0v) is 9.40. The van der Waals surface area contributed by atoms with E-state index in [1.807, 2.05) is 12.1 Å². The number of hydrogen-bond acceptors (Lipinski definition) is 4. The average molecular weight is 231 g/mol. The molecule has 1 aromatic heterocycles. The molecule has 0 aliphatic carbocycles. The summed E-state index contributed by atoms with van der Waals surface area (Å²) in [6.45, 7) is 1.77. The monoisotopic (exact) mass is 231 g/mol. The number of carbonyl (C=O) groups excluding carboxylic acids is 1. The van der Waals surface area contributed by atoms with Crippen molar-refractivity contribution >= 4 is 17.5 Å². The first-order valence-electron chi connectivity index (χ1n) is 5.17. The van der Waals surface area contributed by atoms with Crippen molar-refractivity contribution in [1.29, 1.82) is 0 Å². The molecule has 0 fully saturated rings. The van der Waals surface area contributed by atoms with E-state index in [1.165, 1.54) is 0 Å². The molecule has 0 spiro atoms. The quantitative estimate of drug-likeness (QED) is 0.683. The van der Waals surface area contributed by atoms with Gasteiger partial charge in [-0.3, -0.25) is 15.2 Å². The molecule has 4 N–H and O–H groups in total. The number of nitrogens with one attached hydrogen (secondary N) is 2. The molecule has 17 heavy (non-hydrogen) atoms. The number of anilines is 2. The summed E-state index contributed by atoms with van der Waals surface area (Å²) < 4.78 is 0. The first kappa shape index (κ1) is 11.1. The molecule has 0 saturated heterocycles. The van der Waals surface area contributed by atoms with Gasteiger partial charge in [0, 0.05) is 5.69 Å². The van der Waals surface area contributed by atoms with E-state index in [9.17, 15) is 4.79 Å². The molecular weight excluding hydrogens is 218 g/mol. The van der Waals surface area contributed by atoms with E-state index >= 15 is 0 Å². The van der Waals surface area contributed by atoms with Crippen LogP contribution in [0.5, 0.6) is 0 Å². The minimum absolute atomic E-state index is 0.159. The predicted octanol–water partition coefficient (Wildman–Crippen LogP) is 0.877. The molecule has 1 aromatic carbocycles. The number of hydrogen-bond donors (Lipinski definition) is 3. The summed E-state index contributed by atoms with van der Waals surface area (Å²) in [5.41, 5.74) is 7.13. The van der Waals surface area contributed by atoms with E-state index in [4.69, 9.17) is 5.73 Å². The SMILES string of the molecule is Cc1nc(NC(=O)Cc2ccc(N)cc2)n[nH]1. The van der Waals surface area contributed by atoms with Gasteiger partial charge < -0.3 is 5.73 Å². The third-order valence-corrected chi connectivity index (χ3v) is 2.19. The van der Waals surface area contributed by atoms with Gasteiger partial charge in [-0.05, 0) is 24.6 Å². The molecule has 88 valence electrons. The summed E-state index contributed by atoms with van der Waals surface area (Å²) in [5.74, 6) is 0.796. The van der Waals surface area contributed by atoms with E-state index < -0.39 is 0 Å². The van der Waals surface area contributed by atoms with E-state index in [2.05, 4.69) is 20.5 Å². The third kappa shape index (κ3) is 3.04. The van der Waals surface area contributed by atoms with Gasteiger partial charge in [0.05, 0.1) is 6.42 Å². The van der Waals surface area contributed by atoms with Crippen LogP contribution < -0.4 is 11.1 Å². The number of aromatic amines is 1. The molecule has 0 radical (unpaired) electrons. The maximum atomic E-state index is 11.6. The van der Waals surface area contributed by atoms with Crippen LogP contribution in [0.3, 0.4) is 0 Å². The Labute approximate surface area is 98.3 Å². The Morgan fingerprint density at radius 1 is 1.41 bits per heavy atom. The Hall–Kier alpha value is -2.37. The highest BCUT2D eigenvalue weighted by atomic mass is 16.1. The molecule has 0 unspecified atom stereocenters. The maximum absolute atomic E-state index is 11.6. The van der Waals surface area contributed by atoms with Crippen LogP contribution in [0.2, 0.25) is 0 Å². The second-order valence-corrected chi connectivity index (χ2v) is 3.71. The van der Waals surface area contributed by atoms with Crippen molar-refractivity contribution in [1.82, 2.24) is 15.2 Å². The van der Waals surface area contributed by atoms with Crippen molar-refractivity contribution in [3.05, 3.63) is 35.7 Å². The van der Waals surface area contributed by atoms with Crippen molar-refractivity contribution in [2.75, 3.05) is 11.1 Å². The van der Waals surface area contributed by atoms with Gasteiger partial charge in [0.15, 0.2) is 0 Å². The number of rotatable bonds is 3. The number of aromatic nitrogens is 3. The van der Waals surface area contributed by atoms with E-state index in [1.54, 1.807) is 19.1 Å². The van der Waals surface area contributed by atoms with Gasteiger partial charge in [-0.1, -0.05) is 12.1 Å². The van der Waals surface area contributed by atoms with Crippen LogP contribution in [0, 0.1) is 6.92 Å². The number of carbonyl (C=O) groups is 1. The zero-order chi connectivity index (χ0) is 12.3. The fourth-order valence-electron chi connectivity index (χ4n) is 1.39. The summed E-state index contributed by atoms with van der Waals surface area (Å²) in [6.07, 6.45) is 0.272. The number of aryl methyl sites for hydroxylation is 1. The molecule has 6 heteroatoms. The van der Waals surface area contributed by atoms with Crippen LogP contribution in [-0.2, 0) is 11.2 Å². The summed E-state index contributed by atoms with van der Waals surface area (Å²) in [6, 6.07) is 7.16. The summed E-state index contributed by atoms with van der Waals surface area (Å²) in [7, 11) is 0. The van der Waals surface area contributed by atoms with Crippen LogP contribution in [0.15, 0.2) is 24.3 Å². The van der Waals surface area contributed by atoms with Crippen LogP contribution in [0.4, 0.5) is 11.6 Å². The highest BCUT2D eigenvalue weighted by molar-refractivity contribution is 5.90. The molecule has 0 aliphatic rings. The Balaban J connectivity index is 1.95. The maximum Gasteiger partial charge on any atom is 0.248 e. The van der Waals surface area contributed by atoms with Gasteiger partial charge in [-0.25, -0.2) is 0 Å². The second kappa shape index (κ2) is 4.65. The first-order chi connectivity index (χ1) is 8.13.